The van der Waals surface area contributed by atoms with Crippen molar-refractivity contribution in [1.82, 2.24) is 5.32 Å². The largest absolute Gasteiger partial charge is 0.497 e. The standard InChI is InChI=1S/C21H24ClNO3S/c1-13(27-16-8-5-14(22)6-9-16)20(24)23-18-12-21(2,3)26-19-10-7-15(25-4)11-17(18)19/h5-11,13,18H,12H2,1-4H3,(H,23,24)/t13-,18+/m1/s1. The summed E-state index contributed by atoms with van der Waals surface area (Å²) in [4.78, 5) is 13.8. The summed E-state index contributed by atoms with van der Waals surface area (Å²) in [6.45, 7) is 5.97. The van der Waals surface area contributed by atoms with Crippen molar-refractivity contribution in [2.75, 3.05) is 7.11 Å². The first-order valence-corrected chi connectivity index (χ1v) is 10.1. The van der Waals surface area contributed by atoms with E-state index in [0.29, 0.717) is 11.4 Å². The molecule has 0 saturated carbocycles. The molecule has 2 aromatic carbocycles. The highest BCUT2D eigenvalue weighted by Crippen LogP contribution is 2.41. The van der Waals surface area contributed by atoms with Gasteiger partial charge in [-0.25, -0.2) is 0 Å². The number of benzene rings is 2. The zero-order chi connectivity index (χ0) is 19.6. The minimum atomic E-state index is -0.355. The van der Waals surface area contributed by atoms with Gasteiger partial charge in [0, 0.05) is 21.9 Å². The first kappa shape index (κ1) is 19.9. The molecule has 0 spiro atoms. The maximum Gasteiger partial charge on any atom is 0.233 e. The summed E-state index contributed by atoms with van der Waals surface area (Å²) in [5.41, 5.74) is 0.595. The minimum absolute atomic E-state index is 0.00794. The highest BCUT2D eigenvalue weighted by Gasteiger charge is 2.35. The average molecular weight is 406 g/mol. The molecule has 1 heterocycles. The number of halogens is 1. The van der Waals surface area contributed by atoms with Crippen LogP contribution in [0.1, 0.15) is 38.8 Å². The molecule has 1 aliphatic heterocycles. The molecule has 144 valence electrons. The fraction of sp³-hybridized carbons (Fsp3) is 0.381. The average Bonchev–Trinajstić information content (AvgIpc) is 2.62. The van der Waals surface area contributed by atoms with Crippen LogP contribution in [0.4, 0.5) is 0 Å². The van der Waals surface area contributed by atoms with E-state index in [1.807, 2.05) is 63.2 Å². The van der Waals surface area contributed by atoms with E-state index in [2.05, 4.69) is 5.32 Å². The van der Waals surface area contributed by atoms with Crippen LogP contribution in [0, 0.1) is 0 Å². The van der Waals surface area contributed by atoms with E-state index in [9.17, 15) is 4.79 Å². The number of fused-ring (bicyclic) bond motifs is 1. The van der Waals surface area contributed by atoms with Gasteiger partial charge < -0.3 is 14.8 Å². The van der Waals surface area contributed by atoms with E-state index >= 15 is 0 Å². The van der Waals surface area contributed by atoms with Gasteiger partial charge in [0.15, 0.2) is 0 Å². The number of rotatable bonds is 5. The Balaban J connectivity index is 1.75. The lowest BCUT2D eigenvalue weighted by atomic mass is 9.89. The van der Waals surface area contributed by atoms with E-state index in [1.165, 1.54) is 11.8 Å². The number of hydrogen-bond acceptors (Lipinski definition) is 4. The summed E-state index contributed by atoms with van der Waals surface area (Å²) >= 11 is 7.44. The van der Waals surface area contributed by atoms with Crippen LogP contribution in [0.5, 0.6) is 11.5 Å². The second kappa shape index (κ2) is 8.03. The van der Waals surface area contributed by atoms with Gasteiger partial charge in [-0.15, -0.1) is 11.8 Å². The Morgan fingerprint density at radius 1 is 1.30 bits per heavy atom. The Labute approximate surface area is 169 Å². The molecule has 27 heavy (non-hydrogen) atoms. The molecule has 4 nitrogen and oxygen atoms in total. The predicted molar refractivity (Wildman–Crippen MR) is 110 cm³/mol. The second-order valence-electron chi connectivity index (χ2n) is 7.24. The van der Waals surface area contributed by atoms with Gasteiger partial charge in [-0.3, -0.25) is 4.79 Å². The molecule has 0 aliphatic carbocycles. The van der Waals surface area contributed by atoms with E-state index in [1.54, 1.807) is 7.11 Å². The van der Waals surface area contributed by atoms with Crippen LogP contribution < -0.4 is 14.8 Å². The highest BCUT2D eigenvalue weighted by molar-refractivity contribution is 8.00. The summed E-state index contributed by atoms with van der Waals surface area (Å²) in [6, 6.07) is 13.1. The summed E-state index contributed by atoms with van der Waals surface area (Å²) in [5.74, 6) is 1.53. The summed E-state index contributed by atoms with van der Waals surface area (Å²) in [7, 11) is 1.63. The molecule has 6 heteroatoms. The van der Waals surface area contributed by atoms with Crippen LogP contribution in [-0.2, 0) is 4.79 Å². The first-order valence-electron chi connectivity index (χ1n) is 8.87. The van der Waals surface area contributed by atoms with Crippen molar-refractivity contribution in [3.63, 3.8) is 0 Å². The Kier molecular flexibility index (Phi) is 5.92. The number of carbonyl (C=O) groups is 1. The van der Waals surface area contributed by atoms with Gasteiger partial charge in [-0.2, -0.15) is 0 Å². The van der Waals surface area contributed by atoms with E-state index in [4.69, 9.17) is 21.1 Å². The van der Waals surface area contributed by atoms with Crippen LogP contribution >= 0.6 is 23.4 Å². The molecule has 1 aliphatic rings. The molecule has 0 saturated heterocycles. The van der Waals surface area contributed by atoms with Crippen LogP contribution in [-0.4, -0.2) is 23.9 Å². The Bertz CT molecular complexity index is 823. The lowest BCUT2D eigenvalue weighted by Crippen LogP contribution is -2.43. The molecule has 2 atom stereocenters. The monoisotopic (exact) mass is 405 g/mol. The third-order valence-corrected chi connectivity index (χ3v) is 5.85. The van der Waals surface area contributed by atoms with E-state index < -0.39 is 0 Å². The van der Waals surface area contributed by atoms with Gasteiger partial charge in [0.05, 0.1) is 18.4 Å². The molecule has 0 radical (unpaired) electrons. The smallest absolute Gasteiger partial charge is 0.233 e. The van der Waals surface area contributed by atoms with Crippen molar-refractivity contribution >= 4 is 29.3 Å². The second-order valence-corrected chi connectivity index (χ2v) is 9.10. The van der Waals surface area contributed by atoms with Crippen molar-refractivity contribution < 1.29 is 14.3 Å². The maximum atomic E-state index is 12.8. The Hall–Kier alpha value is -1.85. The lowest BCUT2D eigenvalue weighted by Gasteiger charge is -2.38. The van der Waals surface area contributed by atoms with E-state index in [0.717, 1.165) is 22.0 Å². The number of hydrogen-bond donors (Lipinski definition) is 1. The molecule has 2 aromatic rings. The van der Waals surface area contributed by atoms with Crippen LogP contribution in [0.15, 0.2) is 47.4 Å². The van der Waals surface area contributed by atoms with Gasteiger partial charge in [-0.05, 0) is 63.2 Å². The number of nitrogens with one attached hydrogen (secondary N) is 1. The zero-order valence-electron chi connectivity index (χ0n) is 15.9. The number of ether oxygens (including phenoxy) is 2. The van der Waals surface area contributed by atoms with Crippen molar-refractivity contribution in [2.45, 2.75) is 49.0 Å². The molecule has 1 amide bonds. The first-order chi connectivity index (χ1) is 12.8. The topological polar surface area (TPSA) is 47.6 Å². The van der Waals surface area contributed by atoms with Gasteiger partial charge >= 0.3 is 0 Å². The molecule has 0 fully saturated rings. The van der Waals surface area contributed by atoms with Crippen molar-refractivity contribution in [3.8, 4) is 11.5 Å². The fourth-order valence-corrected chi connectivity index (χ4v) is 4.15. The van der Waals surface area contributed by atoms with Crippen molar-refractivity contribution in [1.29, 1.82) is 0 Å². The SMILES string of the molecule is COc1ccc2c(c1)[C@@H](NC(=O)[C@@H](C)Sc1ccc(Cl)cc1)CC(C)(C)O2. The van der Waals surface area contributed by atoms with Crippen molar-refractivity contribution in [3.05, 3.63) is 53.1 Å². The molecular weight excluding hydrogens is 382 g/mol. The van der Waals surface area contributed by atoms with Gasteiger partial charge in [0.25, 0.3) is 0 Å². The van der Waals surface area contributed by atoms with Gasteiger partial charge in [0.2, 0.25) is 5.91 Å². The third-order valence-electron chi connectivity index (χ3n) is 4.49. The van der Waals surface area contributed by atoms with Crippen molar-refractivity contribution in [2.24, 2.45) is 0 Å². The minimum Gasteiger partial charge on any atom is -0.497 e. The lowest BCUT2D eigenvalue weighted by molar-refractivity contribution is -0.121. The van der Waals surface area contributed by atoms with Crippen LogP contribution in [0.25, 0.3) is 0 Å². The highest BCUT2D eigenvalue weighted by atomic mass is 35.5. The molecule has 0 aromatic heterocycles. The Morgan fingerprint density at radius 2 is 2.00 bits per heavy atom. The predicted octanol–water partition coefficient (Wildman–Crippen LogP) is 5.25. The third kappa shape index (κ3) is 4.90. The maximum absolute atomic E-state index is 12.8. The Morgan fingerprint density at radius 3 is 2.67 bits per heavy atom. The number of methoxy groups -OCH3 is 1. The zero-order valence-corrected chi connectivity index (χ0v) is 17.5. The van der Waals surface area contributed by atoms with Gasteiger partial charge in [0.1, 0.15) is 17.1 Å². The quantitative estimate of drug-likeness (QED) is 0.690. The molecule has 0 unspecified atom stereocenters. The summed E-state index contributed by atoms with van der Waals surface area (Å²) in [6.07, 6.45) is 0.692. The molecular formula is C21H24ClNO3S. The van der Waals surface area contributed by atoms with Gasteiger partial charge in [-0.1, -0.05) is 11.6 Å². The number of carbonyl (C=O) groups excluding carboxylic acids is 1. The molecule has 3 rings (SSSR count). The molecule has 0 bridgehead atoms. The van der Waals surface area contributed by atoms with Crippen LogP contribution in [0.3, 0.4) is 0 Å². The summed E-state index contributed by atoms with van der Waals surface area (Å²) in [5, 5.41) is 3.65. The normalized spacial score (nSPS) is 18.8. The van der Waals surface area contributed by atoms with E-state index in [-0.39, 0.29) is 22.8 Å². The number of thioether (sulfide) groups is 1. The summed E-state index contributed by atoms with van der Waals surface area (Å²) < 4.78 is 11.4. The molecule has 1 N–H and O–H groups in total. The van der Waals surface area contributed by atoms with Crippen LogP contribution in [0.2, 0.25) is 5.02 Å². The fourth-order valence-electron chi connectivity index (χ4n) is 3.15. The number of amides is 1.